The first-order chi connectivity index (χ1) is 10.5. The van der Waals surface area contributed by atoms with Gasteiger partial charge in [0.2, 0.25) is 0 Å². The molecule has 0 saturated heterocycles. The van der Waals surface area contributed by atoms with Gasteiger partial charge in [0.25, 0.3) is 0 Å². The largest absolute Gasteiger partial charge is 0.223 e. The van der Waals surface area contributed by atoms with Gasteiger partial charge in [0.05, 0.1) is 10.6 Å². The summed E-state index contributed by atoms with van der Waals surface area (Å²) in [4.78, 5) is 0.308. The first-order valence-corrected chi connectivity index (χ1v) is 9.43. The third-order valence-electron chi connectivity index (χ3n) is 3.44. The van der Waals surface area contributed by atoms with Crippen molar-refractivity contribution >= 4 is 48.1 Å². The van der Waals surface area contributed by atoms with Crippen LogP contribution in [0.25, 0.3) is 10.8 Å². The third kappa shape index (κ3) is 3.19. The van der Waals surface area contributed by atoms with E-state index in [1.807, 2.05) is 24.3 Å². The van der Waals surface area contributed by atoms with E-state index in [1.165, 1.54) is 0 Å². The van der Waals surface area contributed by atoms with Crippen LogP contribution in [0.5, 0.6) is 0 Å². The zero-order valence-corrected chi connectivity index (χ0v) is 14.6. The summed E-state index contributed by atoms with van der Waals surface area (Å²) in [5.41, 5.74) is 0.611. The molecular formula is C17H12BrClO2S. The zero-order chi connectivity index (χ0) is 15.7. The second-order valence-electron chi connectivity index (χ2n) is 5.00. The molecule has 0 radical (unpaired) electrons. The molecule has 0 N–H and O–H groups in total. The van der Waals surface area contributed by atoms with E-state index in [4.69, 9.17) is 11.6 Å². The highest BCUT2D eigenvalue weighted by Gasteiger charge is 2.17. The molecule has 5 heteroatoms. The van der Waals surface area contributed by atoms with Gasteiger partial charge in [-0.05, 0) is 46.7 Å². The van der Waals surface area contributed by atoms with Crippen LogP contribution in [0, 0.1) is 0 Å². The van der Waals surface area contributed by atoms with Crippen molar-refractivity contribution in [3.8, 4) is 0 Å². The Hall–Kier alpha value is -1.36. The Kier molecular flexibility index (Phi) is 4.26. The van der Waals surface area contributed by atoms with Crippen LogP contribution in [0.4, 0.5) is 0 Å². The minimum absolute atomic E-state index is 0.102. The van der Waals surface area contributed by atoms with Crippen molar-refractivity contribution in [2.45, 2.75) is 10.6 Å². The van der Waals surface area contributed by atoms with Crippen molar-refractivity contribution in [2.24, 2.45) is 0 Å². The van der Waals surface area contributed by atoms with Gasteiger partial charge in [-0.15, -0.1) is 0 Å². The summed E-state index contributed by atoms with van der Waals surface area (Å²) in [6, 6.07) is 17.9. The lowest BCUT2D eigenvalue weighted by Crippen LogP contribution is -2.05. The Bertz CT molecular complexity index is 952. The molecule has 22 heavy (non-hydrogen) atoms. The molecule has 0 unspecified atom stereocenters. The van der Waals surface area contributed by atoms with E-state index in [2.05, 4.69) is 15.9 Å². The summed E-state index contributed by atoms with van der Waals surface area (Å²) in [6.45, 7) is 0. The molecule has 2 nitrogen and oxygen atoms in total. The lowest BCUT2D eigenvalue weighted by atomic mass is 10.1. The summed E-state index contributed by atoms with van der Waals surface area (Å²) in [6.07, 6.45) is 0. The topological polar surface area (TPSA) is 34.1 Å². The summed E-state index contributed by atoms with van der Waals surface area (Å²) < 4.78 is 26.2. The third-order valence-corrected chi connectivity index (χ3v) is 5.96. The van der Waals surface area contributed by atoms with Crippen molar-refractivity contribution in [3.63, 3.8) is 0 Å². The fourth-order valence-corrected chi connectivity index (χ4v) is 4.36. The van der Waals surface area contributed by atoms with Crippen LogP contribution in [-0.2, 0) is 15.6 Å². The first kappa shape index (κ1) is 15.5. The lowest BCUT2D eigenvalue weighted by Gasteiger charge is -2.08. The van der Waals surface area contributed by atoms with E-state index >= 15 is 0 Å². The molecule has 3 rings (SSSR count). The molecular weight excluding hydrogens is 384 g/mol. The van der Waals surface area contributed by atoms with Crippen LogP contribution in [-0.4, -0.2) is 8.42 Å². The minimum Gasteiger partial charge on any atom is -0.223 e. The van der Waals surface area contributed by atoms with Crippen LogP contribution >= 0.6 is 27.5 Å². The molecule has 3 aromatic carbocycles. The maximum atomic E-state index is 12.6. The van der Waals surface area contributed by atoms with Gasteiger partial charge in [-0.25, -0.2) is 8.42 Å². The molecule has 0 atom stereocenters. The van der Waals surface area contributed by atoms with Crippen molar-refractivity contribution in [2.75, 3.05) is 0 Å². The Morgan fingerprint density at radius 1 is 0.909 bits per heavy atom. The van der Waals surface area contributed by atoms with Gasteiger partial charge < -0.3 is 0 Å². The molecule has 0 aliphatic heterocycles. The van der Waals surface area contributed by atoms with Gasteiger partial charge in [-0.3, -0.25) is 0 Å². The molecule has 112 valence electrons. The Balaban J connectivity index is 2.02. The number of halogens is 2. The Labute approximate surface area is 142 Å². The predicted octanol–water partition coefficient (Wildman–Crippen LogP) is 5.23. The minimum atomic E-state index is -3.43. The molecule has 0 amide bonds. The van der Waals surface area contributed by atoms with Gasteiger partial charge >= 0.3 is 0 Å². The van der Waals surface area contributed by atoms with Gasteiger partial charge in [0, 0.05) is 9.50 Å². The van der Waals surface area contributed by atoms with Crippen LogP contribution < -0.4 is 0 Å². The Morgan fingerprint density at radius 2 is 1.59 bits per heavy atom. The maximum absolute atomic E-state index is 12.6. The molecule has 0 aromatic heterocycles. The molecule has 0 fully saturated rings. The van der Waals surface area contributed by atoms with Crippen molar-refractivity contribution in [1.29, 1.82) is 0 Å². The van der Waals surface area contributed by atoms with Crippen LogP contribution in [0.1, 0.15) is 5.56 Å². The van der Waals surface area contributed by atoms with Crippen LogP contribution in [0.2, 0.25) is 5.02 Å². The number of hydrogen-bond acceptors (Lipinski definition) is 2. The molecule has 0 spiro atoms. The second-order valence-corrected chi connectivity index (χ2v) is 8.32. The Morgan fingerprint density at radius 3 is 2.36 bits per heavy atom. The average Bonchev–Trinajstić information content (AvgIpc) is 2.49. The van der Waals surface area contributed by atoms with Gasteiger partial charge in [0.1, 0.15) is 0 Å². The van der Waals surface area contributed by atoms with E-state index in [-0.39, 0.29) is 5.75 Å². The summed E-state index contributed by atoms with van der Waals surface area (Å²) >= 11 is 9.47. The number of fused-ring (bicyclic) bond motifs is 1. The van der Waals surface area contributed by atoms with Gasteiger partial charge in [-0.2, -0.15) is 0 Å². The highest BCUT2D eigenvalue weighted by Crippen LogP contribution is 2.26. The average molecular weight is 396 g/mol. The van der Waals surface area contributed by atoms with E-state index in [9.17, 15) is 8.42 Å². The molecule has 0 heterocycles. The van der Waals surface area contributed by atoms with Crippen molar-refractivity contribution in [1.82, 2.24) is 0 Å². The number of sulfone groups is 1. The van der Waals surface area contributed by atoms with Crippen molar-refractivity contribution < 1.29 is 8.42 Å². The molecule has 3 aromatic rings. The van der Waals surface area contributed by atoms with E-state index < -0.39 is 9.84 Å². The fourth-order valence-electron chi connectivity index (χ4n) is 2.29. The number of benzene rings is 3. The summed E-state index contributed by atoms with van der Waals surface area (Å²) in [7, 11) is -3.43. The fraction of sp³-hybridized carbons (Fsp3) is 0.0588. The SMILES string of the molecule is O=S(=O)(Cc1ccccc1Cl)c1ccc2cc(Br)ccc2c1. The highest BCUT2D eigenvalue weighted by molar-refractivity contribution is 9.10. The normalized spacial score (nSPS) is 11.7. The smallest absolute Gasteiger partial charge is 0.182 e. The van der Waals surface area contributed by atoms with E-state index in [0.717, 1.165) is 15.2 Å². The van der Waals surface area contributed by atoms with E-state index in [0.29, 0.717) is 15.5 Å². The molecule has 0 aliphatic carbocycles. The highest BCUT2D eigenvalue weighted by atomic mass is 79.9. The number of hydrogen-bond donors (Lipinski definition) is 0. The maximum Gasteiger partial charge on any atom is 0.182 e. The molecule has 0 aliphatic rings. The van der Waals surface area contributed by atoms with Gasteiger partial charge in [0.15, 0.2) is 9.84 Å². The second kappa shape index (κ2) is 6.03. The predicted molar refractivity (Wildman–Crippen MR) is 94.0 cm³/mol. The van der Waals surface area contributed by atoms with E-state index in [1.54, 1.807) is 36.4 Å². The summed E-state index contributed by atoms with van der Waals surface area (Å²) in [5.74, 6) is -0.102. The standard InChI is InChI=1S/C17H12BrClO2S/c18-15-7-5-13-10-16(8-6-12(13)9-15)22(20,21)11-14-3-1-2-4-17(14)19/h1-10H,11H2. The molecule has 0 saturated carbocycles. The van der Waals surface area contributed by atoms with Crippen LogP contribution in [0.3, 0.4) is 0 Å². The number of rotatable bonds is 3. The van der Waals surface area contributed by atoms with Gasteiger partial charge in [-0.1, -0.05) is 57.9 Å². The quantitative estimate of drug-likeness (QED) is 0.608. The molecule has 0 bridgehead atoms. The van der Waals surface area contributed by atoms with Crippen molar-refractivity contribution in [3.05, 3.63) is 75.7 Å². The zero-order valence-electron chi connectivity index (χ0n) is 11.5. The first-order valence-electron chi connectivity index (χ1n) is 6.61. The lowest BCUT2D eigenvalue weighted by molar-refractivity contribution is 0.595. The summed E-state index contributed by atoms with van der Waals surface area (Å²) in [5, 5.41) is 2.35. The monoisotopic (exact) mass is 394 g/mol. The van der Waals surface area contributed by atoms with Crippen LogP contribution in [0.15, 0.2) is 70.0 Å².